The van der Waals surface area contributed by atoms with E-state index in [9.17, 15) is 4.79 Å². The maximum Gasteiger partial charge on any atom is 0.220 e. The first kappa shape index (κ1) is 9.30. The van der Waals surface area contributed by atoms with Crippen molar-refractivity contribution < 1.29 is 4.79 Å². The molecule has 0 saturated heterocycles. The molecule has 2 nitrogen and oxygen atoms in total. The van der Waals surface area contributed by atoms with Crippen molar-refractivity contribution in [2.45, 2.75) is 45.1 Å². The Labute approximate surface area is 74.0 Å². The lowest BCUT2D eigenvalue weighted by Gasteiger charge is -2.12. The average Bonchev–Trinajstić information content (AvgIpc) is 2.33. The van der Waals surface area contributed by atoms with Crippen LogP contribution < -0.4 is 5.32 Å². The molecule has 1 rings (SSSR count). The van der Waals surface area contributed by atoms with E-state index < -0.39 is 0 Å². The monoisotopic (exact) mass is 167 g/mol. The number of carbonyl (C=O) groups excluding carboxylic acids is 1. The smallest absolute Gasteiger partial charge is 0.220 e. The summed E-state index contributed by atoms with van der Waals surface area (Å²) in [6.07, 6.45) is 9.63. The third-order valence-corrected chi connectivity index (χ3v) is 2.17. The minimum Gasteiger partial charge on any atom is -0.350 e. The molecule has 0 aromatic rings. The van der Waals surface area contributed by atoms with E-state index in [0.29, 0.717) is 12.5 Å². The quantitative estimate of drug-likeness (QED) is 0.626. The van der Waals surface area contributed by atoms with Crippen molar-refractivity contribution in [3.05, 3.63) is 12.2 Å². The molecule has 1 N–H and O–H groups in total. The van der Waals surface area contributed by atoms with Gasteiger partial charge in [0.25, 0.3) is 0 Å². The van der Waals surface area contributed by atoms with Gasteiger partial charge in [0.15, 0.2) is 0 Å². The molecular formula is C10H17NO. The molecule has 1 atom stereocenters. The molecule has 0 radical (unpaired) electrons. The maximum atomic E-state index is 11.0. The minimum atomic E-state index is 0.159. The second kappa shape index (κ2) is 4.96. The Bertz CT molecular complexity index is 175. The lowest BCUT2D eigenvalue weighted by molar-refractivity contribution is -0.121. The number of hydrogen-bond acceptors (Lipinski definition) is 1. The summed E-state index contributed by atoms with van der Waals surface area (Å²) >= 11 is 0. The zero-order valence-corrected chi connectivity index (χ0v) is 7.68. The summed E-state index contributed by atoms with van der Waals surface area (Å²) in [5.41, 5.74) is 0. The average molecular weight is 167 g/mol. The SMILES string of the molecule is CCC(=O)NC1C=CCCCC1. The Morgan fingerprint density at radius 1 is 1.58 bits per heavy atom. The van der Waals surface area contributed by atoms with Crippen LogP contribution in [-0.4, -0.2) is 11.9 Å². The molecule has 0 fully saturated rings. The fourth-order valence-electron chi connectivity index (χ4n) is 1.41. The summed E-state index contributed by atoms with van der Waals surface area (Å²) in [6.45, 7) is 1.88. The summed E-state index contributed by atoms with van der Waals surface area (Å²) in [6, 6.07) is 0.292. The number of amides is 1. The summed E-state index contributed by atoms with van der Waals surface area (Å²) in [7, 11) is 0. The molecule has 0 heterocycles. The van der Waals surface area contributed by atoms with Crippen LogP contribution >= 0.6 is 0 Å². The van der Waals surface area contributed by atoms with Gasteiger partial charge >= 0.3 is 0 Å². The van der Waals surface area contributed by atoms with Crippen LogP contribution in [0.1, 0.15) is 39.0 Å². The van der Waals surface area contributed by atoms with Crippen LogP contribution in [0, 0.1) is 0 Å². The molecule has 1 amide bonds. The van der Waals surface area contributed by atoms with Crippen molar-refractivity contribution in [1.29, 1.82) is 0 Å². The van der Waals surface area contributed by atoms with Crippen LogP contribution in [0.4, 0.5) is 0 Å². The molecule has 0 spiro atoms. The van der Waals surface area contributed by atoms with E-state index in [1.54, 1.807) is 0 Å². The molecule has 0 bridgehead atoms. The van der Waals surface area contributed by atoms with E-state index in [1.807, 2.05) is 6.92 Å². The van der Waals surface area contributed by atoms with Gasteiger partial charge in [-0.15, -0.1) is 0 Å². The van der Waals surface area contributed by atoms with E-state index in [2.05, 4.69) is 17.5 Å². The highest BCUT2D eigenvalue weighted by Gasteiger charge is 2.08. The van der Waals surface area contributed by atoms with Gasteiger partial charge in [0.05, 0.1) is 0 Å². The van der Waals surface area contributed by atoms with Gasteiger partial charge in [-0.05, 0) is 19.3 Å². The predicted molar refractivity (Wildman–Crippen MR) is 49.8 cm³/mol. The number of hydrogen-bond donors (Lipinski definition) is 1. The summed E-state index contributed by atoms with van der Waals surface area (Å²) < 4.78 is 0. The van der Waals surface area contributed by atoms with Crippen LogP contribution in [-0.2, 0) is 4.79 Å². The standard InChI is InChI=1S/C10H17NO/c1-2-10(12)11-9-7-5-3-4-6-8-9/h5,7,9H,2-4,6,8H2,1H3,(H,11,12). The molecule has 2 heteroatoms. The lowest BCUT2D eigenvalue weighted by Crippen LogP contribution is -2.32. The Morgan fingerprint density at radius 3 is 3.17 bits per heavy atom. The zero-order valence-electron chi connectivity index (χ0n) is 7.68. The van der Waals surface area contributed by atoms with Gasteiger partial charge in [-0.3, -0.25) is 4.79 Å². The van der Waals surface area contributed by atoms with Gasteiger partial charge in [-0.1, -0.05) is 25.5 Å². The van der Waals surface area contributed by atoms with Crippen molar-refractivity contribution in [2.75, 3.05) is 0 Å². The molecule has 1 aliphatic rings. The van der Waals surface area contributed by atoms with E-state index >= 15 is 0 Å². The number of allylic oxidation sites excluding steroid dienone is 1. The zero-order chi connectivity index (χ0) is 8.81. The van der Waals surface area contributed by atoms with Crippen molar-refractivity contribution in [1.82, 2.24) is 5.32 Å². The van der Waals surface area contributed by atoms with Crippen LogP contribution in [0.15, 0.2) is 12.2 Å². The van der Waals surface area contributed by atoms with Gasteiger partial charge < -0.3 is 5.32 Å². The first-order valence-electron chi connectivity index (χ1n) is 4.79. The second-order valence-corrected chi connectivity index (χ2v) is 3.24. The number of carbonyl (C=O) groups is 1. The third kappa shape index (κ3) is 3.07. The first-order chi connectivity index (χ1) is 5.83. The topological polar surface area (TPSA) is 29.1 Å². The molecule has 0 aliphatic heterocycles. The van der Waals surface area contributed by atoms with Gasteiger partial charge in [0.2, 0.25) is 5.91 Å². The maximum absolute atomic E-state index is 11.0. The Hall–Kier alpha value is -0.790. The fourth-order valence-corrected chi connectivity index (χ4v) is 1.41. The van der Waals surface area contributed by atoms with Crippen molar-refractivity contribution in [3.8, 4) is 0 Å². The van der Waals surface area contributed by atoms with Crippen LogP contribution in [0.2, 0.25) is 0 Å². The summed E-state index contributed by atoms with van der Waals surface area (Å²) in [4.78, 5) is 11.0. The second-order valence-electron chi connectivity index (χ2n) is 3.24. The Morgan fingerprint density at radius 2 is 2.42 bits per heavy atom. The van der Waals surface area contributed by atoms with Crippen LogP contribution in [0.25, 0.3) is 0 Å². The van der Waals surface area contributed by atoms with Crippen LogP contribution in [0.3, 0.4) is 0 Å². The van der Waals surface area contributed by atoms with Gasteiger partial charge in [0, 0.05) is 12.5 Å². The largest absolute Gasteiger partial charge is 0.350 e. The highest BCUT2D eigenvalue weighted by Crippen LogP contribution is 2.10. The Kier molecular flexibility index (Phi) is 3.85. The molecular weight excluding hydrogens is 150 g/mol. The molecule has 1 unspecified atom stereocenters. The van der Waals surface area contributed by atoms with E-state index in [0.717, 1.165) is 6.42 Å². The minimum absolute atomic E-state index is 0.159. The third-order valence-electron chi connectivity index (χ3n) is 2.17. The fraction of sp³-hybridized carbons (Fsp3) is 0.700. The number of nitrogens with one attached hydrogen (secondary N) is 1. The highest BCUT2D eigenvalue weighted by atomic mass is 16.1. The number of rotatable bonds is 2. The molecule has 1 aliphatic carbocycles. The Balaban J connectivity index is 2.34. The molecule has 68 valence electrons. The van der Waals surface area contributed by atoms with Crippen LogP contribution in [0.5, 0.6) is 0 Å². The highest BCUT2D eigenvalue weighted by molar-refractivity contribution is 5.76. The van der Waals surface area contributed by atoms with Crippen molar-refractivity contribution in [2.24, 2.45) is 0 Å². The van der Waals surface area contributed by atoms with Gasteiger partial charge in [-0.25, -0.2) is 0 Å². The molecule has 0 saturated carbocycles. The molecule has 12 heavy (non-hydrogen) atoms. The predicted octanol–water partition coefficient (Wildman–Crippen LogP) is 2.01. The van der Waals surface area contributed by atoms with E-state index in [-0.39, 0.29) is 5.91 Å². The van der Waals surface area contributed by atoms with Crippen molar-refractivity contribution >= 4 is 5.91 Å². The van der Waals surface area contributed by atoms with E-state index in [4.69, 9.17) is 0 Å². The van der Waals surface area contributed by atoms with E-state index in [1.165, 1.54) is 19.3 Å². The lowest BCUT2D eigenvalue weighted by atomic mass is 10.1. The molecule has 0 aromatic carbocycles. The van der Waals surface area contributed by atoms with Gasteiger partial charge in [0.1, 0.15) is 0 Å². The molecule has 0 aromatic heterocycles. The summed E-state index contributed by atoms with van der Waals surface area (Å²) in [5, 5.41) is 2.98. The first-order valence-corrected chi connectivity index (χ1v) is 4.79. The normalized spacial score (nSPS) is 23.2. The van der Waals surface area contributed by atoms with Crippen molar-refractivity contribution in [3.63, 3.8) is 0 Å². The van der Waals surface area contributed by atoms with Gasteiger partial charge in [-0.2, -0.15) is 0 Å². The summed E-state index contributed by atoms with van der Waals surface area (Å²) in [5.74, 6) is 0.159.